The third kappa shape index (κ3) is 3.52. The number of furan rings is 1. The maximum atomic E-state index is 12.7. The molecule has 0 amide bonds. The highest BCUT2D eigenvalue weighted by atomic mass is 32.1. The Kier molecular flexibility index (Phi) is 4.17. The summed E-state index contributed by atoms with van der Waals surface area (Å²) in [6, 6.07) is 5.05. The lowest BCUT2D eigenvalue weighted by Gasteiger charge is -2.17. The molecule has 0 aromatic carbocycles. The van der Waals surface area contributed by atoms with Gasteiger partial charge in [0, 0.05) is 0 Å². The van der Waals surface area contributed by atoms with Gasteiger partial charge in [0.05, 0.1) is 17.9 Å². The van der Waals surface area contributed by atoms with E-state index in [0.29, 0.717) is 5.76 Å². The largest absolute Gasteiger partial charge is 0.467 e. The van der Waals surface area contributed by atoms with Crippen LogP contribution in [0.5, 0.6) is 0 Å². The molecule has 2 heterocycles. The van der Waals surface area contributed by atoms with Crippen molar-refractivity contribution in [2.75, 3.05) is 5.32 Å². The molecule has 3 N–H and O–H groups in total. The van der Waals surface area contributed by atoms with E-state index in [1.807, 2.05) is 0 Å². The first kappa shape index (κ1) is 15.3. The van der Waals surface area contributed by atoms with Crippen LogP contribution in [-0.2, 0) is 6.18 Å². The van der Waals surface area contributed by atoms with Gasteiger partial charge in [-0.2, -0.15) is 13.2 Å². The Morgan fingerprint density at radius 1 is 1.38 bits per heavy atom. The summed E-state index contributed by atoms with van der Waals surface area (Å²) in [6.45, 7) is 1.73. The van der Waals surface area contributed by atoms with E-state index >= 15 is 0 Å². The molecule has 2 aromatic rings. The summed E-state index contributed by atoms with van der Waals surface area (Å²) < 4.78 is 43.4. The topological polar surface area (TPSA) is 64.1 Å². The number of anilines is 1. The number of pyridine rings is 1. The minimum absolute atomic E-state index is 0.0266. The molecule has 0 aliphatic carbocycles. The predicted molar refractivity (Wildman–Crippen MR) is 75.9 cm³/mol. The minimum Gasteiger partial charge on any atom is -0.467 e. The number of alkyl halides is 3. The molecule has 1 atom stereocenters. The van der Waals surface area contributed by atoms with Crippen molar-refractivity contribution in [3.8, 4) is 0 Å². The molecular weight excluding hydrogens is 303 g/mol. The summed E-state index contributed by atoms with van der Waals surface area (Å²) in [4.78, 5) is 3.53. The Bertz CT molecular complexity index is 641. The van der Waals surface area contributed by atoms with E-state index in [1.54, 1.807) is 19.1 Å². The molecule has 0 radical (unpaired) electrons. The standard InChI is InChI=1S/C13H12F3N3OS/c1-7(9-3-2-6-20-9)18-12-8(11(17)21)4-5-10(19-12)13(14,15)16/h2-7H,1H3,(H2,17,21)(H,18,19). The third-order valence-corrected chi connectivity index (χ3v) is 2.99. The van der Waals surface area contributed by atoms with Crippen molar-refractivity contribution >= 4 is 23.0 Å². The maximum absolute atomic E-state index is 12.7. The van der Waals surface area contributed by atoms with Gasteiger partial charge in [-0.15, -0.1) is 0 Å². The van der Waals surface area contributed by atoms with E-state index in [-0.39, 0.29) is 22.4 Å². The van der Waals surface area contributed by atoms with Crippen LogP contribution in [0.3, 0.4) is 0 Å². The van der Waals surface area contributed by atoms with E-state index < -0.39 is 11.9 Å². The molecule has 2 rings (SSSR count). The number of rotatable bonds is 4. The third-order valence-electron chi connectivity index (χ3n) is 2.77. The number of nitrogens with one attached hydrogen (secondary N) is 1. The summed E-state index contributed by atoms with van der Waals surface area (Å²) in [6.07, 6.45) is -3.07. The lowest BCUT2D eigenvalue weighted by atomic mass is 10.2. The molecule has 2 aromatic heterocycles. The van der Waals surface area contributed by atoms with Crippen LogP contribution >= 0.6 is 12.2 Å². The molecule has 0 saturated heterocycles. The van der Waals surface area contributed by atoms with Crippen molar-refractivity contribution in [3.63, 3.8) is 0 Å². The van der Waals surface area contributed by atoms with E-state index in [4.69, 9.17) is 22.4 Å². The highest BCUT2D eigenvalue weighted by Gasteiger charge is 2.33. The first-order valence-electron chi connectivity index (χ1n) is 5.97. The lowest BCUT2D eigenvalue weighted by molar-refractivity contribution is -0.141. The highest BCUT2D eigenvalue weighted by molar-refractivity contribution is 7.80. The number of nitrogens with two attached hydrogens (primary N) is 1. The van der Waals surface area contributed by atoms with E-state index in [2.05, 4.69) is 10.3 Å². The number of hydrogen-bond acceptors (Lipinski definition) is 4. The Labute approximate surface area is 124 Å². The van der Waals surface area contributed by atoms with Gasteiger partial charge in [-0.1, -0.05) is 12.2 Å². The second kappa shape index (κ2) is 5.72. The van der Waals surface area contributed by atoms with Gasteiger partial charge < -0.3 is 15.5 Å². The van der Waals surface area contributed by atoms with Gasteiger partial charge >= 0.3 is 6.18 Å². The first-order valence-corrected chi connectivity index (χ1v) is 6.38. The maximum Gasteiger partial charge on any atom is 0.433 e. The van der Waals surface area contributed by atoms with Gasteiger partial charge in [0.2, 0.25) is 0 Å². The fraction of sp³-hybridized carbons (Fsp3) is 0.231. The summed E-state index contributed by atoms with van der Waals surface area (Å²) in [5.74, 6) is 0.532. The van der Waals surface area contributed by atoms with Gasteiger partial charge in [0.1, 0.15) is 22.3 Å². The van der Waals surface area contributed by atoms with Crippen LogP contribution in [0.15, 0.2) is 34.9 Å². The van der Waals surface area contributed by atoms with Gasteiger partial charge in [-0.3, -0.25) is 0 Å². The summed E-state index contributed by atoms with van der Waals surface area (Å²) in [5, 5.41) is 2.83. The molecule has 1 unspecified atom stereocenters. The zero-order chi connectivity index (χ0) is 15.6. The van der Waals surface area contributed by atoms with Crippen LogP contribution in [0.4, 0.5) is 19.0 Å². The predicted octanol–water partition coefficient (Wildman–Crippen LogP) is 3.50. The number of halogens is 3. The van der Waals surface area contributed by atoms with Crippen LogP contribution in [0.2, 0.25) is 0 Å². The molecule has 112 valence electrons. The minimum atomic E-state index is -4.54. The number of aromatic nitrogens is 1. The molecule has 0 aliphatic heterocycles. The summed E-state index contributed by atoms with van der Waals surface area (Å²) >= 11 is 4.83. The van der Waals surface area contributed by atoms with E-state index in [9.17, 15) is 13.2 Å². The lowest BCUT2D eigenvalue weighted by Crippen LogP contribution is -2.18. The van der Waals surface area contributed by atoms with Crippen LogP contribution in [-0.4, -0.2) is 9.97 Å². The fourth-order valence-electron chi connectivity index (χ4n) is 1.74. The zero-order valence-corrected chi connectivity index (χ0v) is 11.8. The SMILES string of the molecule is CC(Nc1nc(C(F)(F)F)ccc1C(N)=S)c1ccco1. The Morgan fingerprint density at radius 2 is 2.10 bits per heavy atom. The van der Waals surface area contributed by atoms with Gasteiger partial charge in [0.15, 0.2) is 0 Å². The van der Waals surface area contributed by atoms with Gasteiger partial charge in [0.25, 0.3) is 0 Å². The number of hydrogen-bond donors (Lipinski definition) is 2. The van der Waals surface area contributed by atoms with Crippen molar-refractivity contribution in [1.29, 1.82) is 0 Å². The monoisotopic (exact) mass is 315 g/mol. The second-order valence-electron chi connectivity index (χ2n) is 4.34. The molecule has 4 nitrogen and oxygen atoms in total. The second-order valence-corrected chi connectivity index (χ2v) is 4.78. The normalized spacial score (nSPS) is 13.0. The van der Waals surface area contributed by atoms with Crippen LogP contribution in [0.25, 0.3) is 0 Å². The van der Waals surface area contributed by atoms with Crippen molar-refractivity contribution in [3.05, 3.63) is 47.5 Å². The van der Waals surface area contributed by atoms with Gasteiger partial charge in [-0.25, -0.2) is 4.98 Å². The summed E-state index contributed by atoms with van der Waals surface area (Å²) in [5.41, 5.74) is 4.74. The average Bonchev–Trinajstić information content (AvgIpc) is 2.91. The van der Waals surface area contributed by atoms with E-state index in [0.717, 1.165) is 6.07 Å². The molecule has 8 heteroatoms. The molecule has 0 spiro atoms. The zero-order valence-electron chi connectivity index (χ0n) is 10.9. The van der Waals surface area contributed by atoms with Gasteiger partial charge in [-0.05, 0) is 31.2 Å². The van der Waals surface area contributed by atoms with E-state index in [1.165, 1.54) is 12.3 Å². The van der Waals surface area contributed by atoms with Crippen LogP contribution < -0.4 is 11.1 Å². The summed E-state index contributed by atoms with van der Waals surface area (Å²) in [7, 11) is 0. The Morgan fingerprint density at radius 3 is 2.62 bits per heavy atom. The quantitative estimate of drug-likeness (QED) is 0.846. The van der Waals surface area contributed by atoms with Crippen LogP contribution in [0.1, 0.15) is 30.0 Å². The molecular formula is C13H12F3N3OS. The smallest absolute Gasteiger partial charge is 0.433 e. The fourth-order valence-corrected chi connectivity index (χ4v) is 1.90. The number of thiocarbonyl (C=S) groups is 1. The van der Waals surface area contributed by atoms with Crippen molar-refractivity contribution in [2.24, 2.45) is 5.73 Å². The molecule has 0 fully saturated rings. The van der Waals surface area contributed by atoms with Crippen molar-refractivity contribution < 1.29 is 17.6 Å². The Balaban J connectivity index is 2.37. The number of nitrogens with zero attached hydrogens (tertiary/aromatic N) is 1. The highest BCUT2D eigenvalue weighted by Crippen LogP contribution is 2.30. The first-order chi connectivity index (χ1) is 9.79. The average molecular weight is 315 g/mol. The molecule has 0 aliphatic rings. The van der Waals surface area contributed by atoms with Crippen molar-refractivity contribution in [2.45, 2.75) is 19.1 Å². The van der Waals surface area contributed by atoms with Crippen LogP contribution in [0, 0.1) is 0 Å². The van der Waals surface area contributed by atoms with Crippen molar-refractivity contribution in [1.82, 2.24) is 4.98 Å². The molecule has 21 heavy (non-hydrogen) atoms. The Hall–Kier alpha value is -2.09. The molecule has 0 saturated carbocycles. The molecule has 0 bridgehead atoms.